The lowest BCUT2D eigenvalue weighted by atomic mass is 10.4. The van der Waals surface area contributed by atoms with E-state index in [0.29, 0.717) is 6.54 Å². The van der Waals surface area contributed by atoms with E-state index in [2.05, 4.69) is 10.0 Å². The number of hydrogen-bond donors (Lipinski definition) is 2. The molecular formula is C11H17ClN2O4S2. The van der Waals surface area contributed by atoms with Gasteiger partial charge >= 0.3 is 0 Å². The Hall–Kier alpha value is -0.670. The van der Waals surface area contributed by atoms with Crippen LogP contribution in [0.5, 0.6) is 0 Å². The lowest BCUT2D eigenvalue weighted by Gasteiger charge is -2.10. The van der Waals surface area contributed by atoms with E-state index in [1.165, 1.54) is 12.1 Å². The molecule has 0 bridgehead atoms. The van der Waals surface area contributed by atoms with Gasteiger partial charge in [-0.05, 0) is 24.7 Å². The molecule has 2 N–H and O–H groups in total. The van der Waals surface area contributed by atoms with Crippen LogP contribution in [0.4, 0.5) is 0 Å². The Labute approximate surface area is 124 Å². The van der Waals surface area contributed by atoms with Crippen molar-refractivity contribution < 1.29 is 16.8 Å². The van der Waals surface area contributed by atoms with E-state index >= 15 is 0 Å². The van der Waals surface area contributed by atoms with Gasteiger partial charge in [0.25, 0.3) is 0 Å². The van der Waals surface area contributed by atoms with Crippen LogP contribution in [-0.4, -0.2) is 42.7 Å². The highest BCUT2D eigenvalue weighted by Crippen LogP contribution is 2.24. The highest BCUT2D eigenvalue weighted by Gasteiger charge is 2.20. The summed E-state index contributed by atoms with van der Waals surface area (Å²) in [6, 6.07) is 3.60. The van der Waals surface area contributed by atoms with Gasteiger partial charge in [-0.15, -0.1) is 0 Å². The molecule has 20 heavy (non-hydrogen) atoms. The first-order valence-corrected chi connectivity index (χ1v) is 9.63. The van der Waals surface area contributed by atoms with Crippen molar-refractivity contribution >= 4 is 31.5 Å². The van der Waals surface area contributed by atoms with Gasteiger partial charge < -0.3 is 5.32 Å². The van der Waals surface area contributed by atoms with E-state index in [1.807, 2.05) is 6.92 Å². The Morgan fingerprint density at radius 1 is 1.15 bits per heavy atom. The van der Waals surface area contributed by atoms with Gasteiger partial charge in [0.2, 0.25) is 10.0 Å². The van der Waals surface area contributed by atoms with Crippen LogP contribution in [0.2, 0.25) is 5.02 Å². The number of halogens is 1. The molecule has 0 saturated heterocycles. The van der Waals surface area contributed by atoms with Crippen molar-refractivity contribution in [3.8, 4) is 0 Å². The molecule has 0 radical (unpaired) electrons. The largest absolute Gasteiger partial charge is 0.316 e. The average molecular weight is 341 g/mol. The van der Waals surface area contributed by atoms with E-state index in [-0.39, 0.29) is 21.4 Å². The third-order valence-electron chi connectivity index (χ3n) is 2.46. The Morgan fingerprint density at radius 2 is 1.80 bits per heavy atom. The summed E-state index contributed by atoms with van der Waals surface area (Å²) in [5, 5.41) is 2.95. The Morgan fingerprint density at radius 3 is 2.35 bits per heavy atom. The van der Waals surface area contributed by atoms with Gasteiger partial charge in [-0.1, -0.05) is 18.5 Å². The number of nitrogens with one attached hydrogen (secondary N) is 2. The summed E-state index contributed by atoms with van der Waals surface area (Å²) in [5.74, 6) is 0. The van der Waals surface area contributed by atoms with E-state index in [0.717, 1.165) is 18.9 Å². The minimum atomic E-state index is -3.84. The molecular weight excluding hydrogens is 324 g/mol. The monoisotopic (exact) mass is 340 g/mol. The van der Waals surface area contributed by atoms with Crippen molar-refractivity contribution in [2.24, 2.45) is 0 Å². The second-order valence-corrected chi connectivity index (χ2v) is 8.27. The summed E-state index contributed by atoms with van der Waals surface area (Å²) in [6.07, 6.45) is 1.01. The van der Waals surface area contributed by atoms with Crippen molar-refractivity contribution in [1.82, 2.24) is 10.0 Å². The molecule has 0 atom stereocenters. The van der Waals surface area contributed by atoms with Gasteiger partial charge in [0.05, 0.1) is 9.92 Å². The average Bonchev–Trinajstić information content (AvgIpc) is 2.33. The molecule has 0 aliphatic carbocycles. The fourth-order valence-corrected chi connectivity index (χ4v) is 3.73. The topological polar surface area (TPSA) is 92.3 Å². The van der Waals surface area contributed by atoms with Crippen molar-refractivity contribution in [2.75, 3.05) is 25.9 Å². The molecule has 0 aliphatic rings. The summed E-state index contributed by atoms with van der Waals surface area (Å²) < 4.78 is 49.4. The van der Waals surface area contributed by atoms with Crippen LogP contribution in [0.25, 0.3) is 0 Å². The third-order valence-corrected chi connectivity index (χ3v) is 5.52. The molecule has 0 amide bonds. The first kappa shape index (κ1) is 17.4. The quantitative estimate of drug-likeness (QED) is 0.710. The Kier molecular flexibility index (Phi) is 5.96. The fraction of sp³-hybridized carbons (Fsp3) is 0.455. The summed E-state index contributed by atoms with van der Waals surface area (Å²) in [7, 11) is -7.34. The van der Waals surface area contributed by atoms with Crippen LogP contribution < -0.4 is 10.0 Å². The van der Waals surface area contributed by atoms with Crippen LogP contribution in [0, 0.1) is 0 Å². The molecule has 6 nitrogen and oxygen atoms in total. The molecule has 1 aromatic rings. The van der Waals surface area contributed by atoms with Gasteiger partial charge in [-0.3, -0.25) is 0 Å². The molecule has 1 rings (SSSR count). The molecule has 0 heterocycles. The molecule has 9 heteroatoms. The van der Waals surface area contributed by atoms with Crippen molar-refractivity contribution in [2.45, 2.75) is 16.7 Å². The zero-order chi connectivity index (χ0) is 15.4. The lowest BCUT2D eigenvalue weighted by molar-refractivity contribution is 0.577. The standard InChI is InChI=1S/C11H17ClN2O4S2/c1-3-13-6-7-14-20(17,18)11-8-9(19(2,15)16)4-5-10(11)12/h4-5,8,13-14H,3,6-7H2,1-2H3. The van der Waals surface area contributed by atoms with Gasteiger partial charge in [-0.2, -0.15) is 0 Å². The normalized spacial score (nSPS) is 12.6. The van der Waals surface area contributed by atoms with Crippen molar-refractivity contribution in [1.29, 1.82) is 0 Å². The van der Waals surface area contributed by atoms with Gasteiger partial charge in [0.1, 0.15) is 4.90 Å². The van der Waals surface area contributed by atoms with Gasteiger partial charge in [0, 0.05) is 19.3 Å². The first-order valence-electron chi connectivity index (χ1n) is 5.88. The summed E-state index contributed by atoms with van der Waals surface area (Å²) in [4.78, 5) is -0.326. The van der Waals surface area contributed by atoms with Crippen LogP contribution in [0.15, 0.2) is 28.0 Å². The summed E-state index contributed by atoms with van der Waals surface area (Å²) >= 11 is 5.84. The van der Waals surface area contributed by atoms with Crippen LogP contribution >= 0.6 is 11.6 Å². The van der Waals surface area contributed by atoms with Crippen molar-refractivity contribution in [3.63, 3.8) is 0 Å². The number of sulfonamides is 1. The molecule has 0 fully saturated rings. The van der Waals surface area contributed by atoms with Crippen LogP contribution in [0.3, 0.4) is 0 Å². The predicted octanol–water partition coefficient (Wildman–Crippen LogP) is 0.631. The maximum Gasteiger partial charge on any atom is 0.242 e. The van der Waals surface area contributed by atoms with E-state index in [4.69, 9.17) is 11.6 Å². The minimum Gasteiger partial charge on any atom is -0.316 e. The third kappa shape index (κ3) is 4.71. The van der Waals surface area contributed by atoms with Gasteiger partial charge in [0.15, 0.2) is 9.84 Å². The van der Waals surface area contributed by atoms with E-state index in [9.17, 15) is 16.8 Å². The van der Waals surface area contributed by atoms with Crippen LogP contribution in [0.1, 0.15) is 6.92 Å². The SMILES string of the molecule is CCNCCNS(=O)(=O)c1cc(S(C)(=O)=O)ccc1Cl. The maximum atomic E-state index is 12.1. The minimum absolute atomic E-state index is 0.0200. The highest BCUT2D eigenvalue weighted by molar-refractivity contribution is 7.91. The predicted molar refractivity (Wildman–Crippen MR) is 78.3 cm³/mol. The second-order valence-electron chi connectivity index (χ2n) is 4.12. The molecule has 0 aliphatic heterocycles. The molecule has 114 valence electrons. The molecule has 0 unspecified atom stereocenters. The van der Waals surface area contributed by atoms with Gasteiger partial charge in [-0.25, -0.2) is 21.6 Å². The molecule has 1 aromatic carbocycles. The van der Waals surface area contributed by atoms with E-state index in [1.54, 1.807) is 0 Å². The zero-order valence-corrected chi connectivity index (χ0v) is 13.6. The molecule has 0 aromatic heterocycles. The fourth-order valence-electron chi connectivity index (χ4n) is 1.45. The Balaban J connectivity index is 3.05. The second kappa shape index (κ2) is 6.86. The van der Waals surface area contributed by atoms with Crippen LogP contribution in [-0.2, 0) is 19.9 Å². The number of likely N-dealkylation sites (N-methyl/N-ethyl adjacent to an activating group) is 1. The number of benzene rings is 1. The Bertz CT molecular complexity index is 672. The lowest BCUT2D eigenvalue weighted by Crippen LogP contribution is -2.32. The van der Waals surface area contributed by atoms with E-state index < -0.39 is 19.9 Å². The number of hydrogen-bond acceptors (Lipinski definition) is 5. The summed E-state index contributed by atoms with van der Waals surface area (Å²) in [6.45, 7) is 3.29. The van der Waals surface area contributed by atoms with Crippen molar-refractivity contribution in [3.05, 3.63) is 23.2 Å². The molecule has 0 saturated carbocycles. The summed E-state index contributed by atoms with van der Waals surface area (Å²) in [5.41, 5.74) is 0. The number of sulfone groups is 1. The zero-order valence-electron chi connectivity index (χ0n) is 11.2. The highest BCUT2D eigenvalue weighted by atomic mass is 35.5. The molecule has 0 spiro atoms. The number of rotatable bonds is 7. The smallest absolute Gasteiger partial charge is 0.242 e. The maximum absolute atomic E-state index is 12.1. The first-order chi connectivity index (χ1) is 9.18.